The van der Waals surface area contributed by atoms with E-state index in [0.717, 1.165) is 5.39 Å². The molecule has 0 unspecified atom stereocenters. The predicted molar refractivity (Wildman–Crippen MR) is 120 cm³/mol. The first-order chi connectivity index (χ1) is 15.4. The number of amides is 1. The maximum Gasteiger partial charge on any atom is 0.407 e. The van der Waals surface area contributed by atoms with Gasteiger partial charge in [-0.15, -0.1) is 0 Å². The van der Waals surface area contributed by atoms with Crippen LogP contribution in [0.1, 0.15) is 12.8 Å². The molecule has 12 heteroatoms. The van der Waals surface area contributed by atoms with Crippen molar-refractivity contribution in [2.45, 2.75) is 18.1 Å². The number of ether oxygens (including phenoxy) is 1. The molecule has 1 amide bonds. The Kier molecular flexibility index (Phi) is 5.34. The van der Waals surface area contributed by atoms with Crippen molar-refractivity contribution in [3.05, 3.63) is 29.7 Å². The van der Waals surface area contributed by atoms with E-state index in [-0.39, 0.29) is 31.2 Å². The number of piperidine rings is 1. The summed E-state index contributed by atoms with van der Waals surface area (Å²) >= 11 is 6.24. The first kappa shape index (κ1) is 21.2. The topological polar surface area (TPSA) is 118 Å². The SMILES string of the molecule is O=C(O)N1CCC(S(=O)(=O)n2ccc3c4nc(Cl)nc(N5CCOCC5)c4ccc32)CC1. The Morgan fingerprint density at radius 1 is 1.06 bits per heavy atom. The third-order valence-electron chi connectivity index (χ3n) is 6.17. The molecular weight excluding hydrogens is 458 g/mol. The average molecular weight is 480 g/mol. The van der Waals surface area contributed by atoms with Gasteiger partial charge < -0.3 is 19.6 Å². The number of hydrogen-bond acceptors (Lipinski definition) is 7. The molecular formula is C20H22ClN5O5S. The average Bonchev–Trinajstić information content (AvgIpc) is 3.25. The fourth-order valence-corrected chi connectivity index (χ4v) is 6.44. The van der Waals surface area contributed by atoms with Gasteiger partial charge in [-0.1, -0.05) is 0 Å². The van der Waals surface area contributed by atoms with Gasteiger partial charge in [0.05, 0.1) is 29.5 Å². The van der Waals surface area contributed by atoms with Crippen LogP contribution in [0, 0.1) is 0 Å². The smallest absolute Gasteiger partial charge is 0.407 e. The van der Waals surface area contributed by atoms with Crippen LogP contribution < -0.4 is 4.90 Å². The second-order valence-electron chi connectivity index (χ2n) is 7.94. The van der Waals surface area contributed by atoms with Crippen molar-refractivity contribution < 1.29 is 23.1 Å². The van der Waals surface area contributed by atoms with E-state index >= 15 is 0 Å². The summed E-state index contributed by atoms with van der Waals surface area (Å²) < 4.78 is 33.5. The molecule has 3 aromatic rings. The highest BCUT2D eigenvalue weighted by Gasteiger charge is 2.33. The van der Waals surface area contributed by atoms with Crippen LogP contribution in [0.25, 0.3) is 21.8 Å². The van der Waals surface area contributed by atoms with Crippen LogP contribution in [0.5, 0.6) is 0 Å². The minimum atomic E-state index is -3.71. The summed E-state index contributed by atoms with van der Waals surface area (Å²) in [5, 5.41) is 10.1. The second-order valence-corrected chi connectivity index (χ2v) is 10.4. The van der Waals surface area contributed by atoms with Gasteiger partial charge in [0.2, 0.25) is 15.3 Å². The highest BCUT2D eigenvalue weighted by Crippen LogP contribution is 2.33. The molecule has 32 heavy (non-hydrogen) atoms. The third-order valence-corrected chi connectivity index (χ3v) is 8.52. The van der Waals surface area contributed by atoms with E-state index in [9.17, 15) is 13.2 Å². The van der Waals surface area contributed by atoms with Crippen LogP contribution in [-0.2, 0) is 14.8 Å². The summed E-state index contributed by atoms with van der Waals surface area (Å²) in [5.74, 6) is 0.710. The largest absolute Gasteiger partial charge is 0.465 e. The highest BCUT2D eigenvalue weighted by molar-refractivity contribution is 7.90. The van der Waals surface area contributed by atoms with E-state index < -0.39 is 21.4 Å². The summed E-state index contributed by atoms with van der Waals surface area (Å²) in [6.07, 6.45) is 1.04. The molecule has 10 nitrogen and oxygen atoms in total. The number of hydrogen-bond donors (Lipinski definition) is 1. The van der Waals surface area contributed by atoms with Crippen molar-refractivity contribution in [2.24, 2.45) is 0 Å². The fraction of sp³-hybridized carbons (Fsp3) is 0.450. The number of anilines is 1. The number of rotatable bonds is 3. The summed E-state index contributed by atoms with van der Waals surface area (Å²) in [4.78, 5) is 23.3. The zero-order valence-corrected chi connectivity index (χ0v) is 18.7. The molecule has 0 bridgehead atoms. The minimum Gasteiger partial charge on any atom is -0.465 e. The minimum absolute atomic E-state index is 0.100. The van der Waals surface area contributed by atoms with Gasteiger partial charge in [-0.25, -0.2) is 22.2 Å². The molecule has 2 aromatic heterocycles. The zero-order chi connectivity index (χ0) is 22.5. The van der Waals surface area contributed by atoms with Crippen LogP contribution in [0.2, 0.25) is 5.28 Å². The lowest BCUT2D eigenvalue weighted by atomic mass is 10.1. The lowest BCUT2D eigenvalue weighted by molar-refractivity contribution is 0.122. The summed E-state index contributed by atoms with van der Waals surface area (Å²) in [7, 11) is -3.71. The molecule has 2 fully saturated rings. The fourth-order valence-electron chi connectivity index (χ4n) is 4.49. The highest BCUT2D eigenvalue weighted by atomic mass is 35.5. The van der Waals surface area contributed by atoms with E-state index in [1.807, 2.05) is 6.07 Å². The standard InChI is InChI=1S/C20H22ClN5O5S/c21-19-22-17-14-5-8-26(32(29,30)13-3-6-25(7-4-13)20(27)28)16(14)2-1-15(17)18(23-19)24-9-11-31-12-10-24/h1-2,5,8,13H,3-4,6-7,9-12H2,(H,27,28). The molecule has 0 aliphatic carbocycles. The molecule has 0 saturated carbocycles. The van der Waals surface area contributed by atoms with Crippen LogP contribution in [-0.4, -0.2) is 83.1 Å². The monoisotopic (exact) mass is 479 g/mol. The number of carboxylic acid groups (broad SMARTS) is 1. The quantitative estimate of drug-likeness (QED) is 0.569. The lowest BCUT2D eigenvalue weighted by Gasteiger charge is -2.30. The van der Waals surface area contributed by atoms with E-state index in [2.05, 4.69) is 14.9 Å². The van der Waals surface area contributed by atoms with Gasteiger partial charge >= 0.3 is 6.09 Å². The van der Waals surface area contributed by atoms with Crippen LogP contribution in [0.15, 0.2) is 24.4 Å². The number of fused-ring (bicyclic) bond motifs is 3. The molecule has 2 aliphatic rings. The number of benzene rings is 1. The molecule has 0 atom stereocenters. The molecule has 1 N–H and O–H groups in total. The molecule has 0 radical (unpaired) electrons. The first-order valence-corrected chi connectivity index (χ1v) is 12.3. The van der Waals surface area contributed by atoms with Crippen molar-refractivity contribution in [2.75, 3.05) is 44.3 Å². The molecule has 4 heterocycles. The number of likely N-dealkylation sites (tertiary alicyclic amines) is 1. The Morgan fingerprint density at radius 2 is 1.78 bits per heavy atom. The van der Waals surface area contributed by atoms with Crippen molar-refractivity contribution >= 4 is 55.3 Å². The number of aromatic nitrogens is 3. The second kappa shape index (κ2) is 8.05. The molecule has 170 valence electrons. The van der Waals surface area contributed by atoms with E-state index in [0.29, 0.717) is 48.5 Å². The van der Waals surface area contributed by atoms with Gasteiger partial charge in [-0.05, 0) is 42.6 Å². The molecule has 1 aromatic carbocycles. The van der Waals surface area contributed by atoms with Crippen LogP contribution >= 0.6 is 11.6 Å². The van der Waals surface area contributed by atoms with Gasteiger partial charge in [-0.2, -0.15) is 4.98 Å². The normalized spacial score (nSPS) is 18.5. The van der Waals surface area contributed by atoms with Gasteiger partial charge in [-0.3, -0.25) is 0 Å². The maximum atomic E-state index is 13.4. The van der Waals surface area contributed by atoms with Crippen molar-refractivity contribution in [1.29, 1.82) is 0 Å². The third kappa shape index (κ3) is 3.54. The van der Waals surface area contributed by atoms with Gasteiger partial charge in [0.15, 0.2) is 0 Å². The Balaban J connectivity index is 1.56. The molecule has 0 spiro atoms. The first-order valence-electron chi connectivity index (χ1n) is 10.4. The van der Waals surface area contributed by atoms with E-state index in [1.54, 1.807) is 12.1 Å². The van der Waals surface area contributed by atoms with Gasteiger partial charge in [0.1, 0.15) is 5.82 Å². The number of carbonyl (C=O) groups is 1. The number of morpholine rings is 1. The number of nitrogens with zero attached hydrogens (tertiary/aromatic N) is 5. The van der Waals surface area contributed by atoms with Crippen LogP contribution in [0.4, 0.5) is 10.6 Å². The Labute approximate surface area is 189 Å². The van der Waals surface area contributed by atoms with Crippen molar-refractivity contribution in [3.8, 4) is 0 Å². The lowest BCUT2D eigenvalue weighted by Crippen LogP contribution is -2.43. The number of halogens is 1. The zero-order valence-electron chi connectivity index (χ0n) is 17.1. The molecule has 5 rings (SSSR count). The van der Waals surface area contributed by atoms with Gasteiger partial charge in [0, 0.05) is 43.1 Å². The Bertz CT molecular complexity index is 1300. The summed E-state index contributed by atoms with van der Waals surface area (Å²) in [5.41, 5.74) is 1.11. The Hall–Kier alpha value is -2.63. The maximum absolute atomic E-state index is 13.4. The van der Waals surface area contributed by atoms with E-state index in [4.69, 9.17) is 21.4 Å². The molecule has 2 aliphatic heterocycles. The van der Waals surface area contributed by atoms with Crippen molar-refractivity contribution in [3.63, 3.8) is 0 Å². The van der Waals surface area contributed by atoms with Crippen LogP contribution in [0.3, 0.4) is 0 Å². The Morgan fingerprint density at radius 3 is 2.47 bits per heavy atom. The summed E-state index contributed by atoms with van der Waals surface area (Å²) in [6.45, 7) is 2.97. The van der Waals surface area contributed by atoms with Gasteiger partial charge in [0.25, 0.3) is 0 Å². The predicted octanol–water partition coefficient (Wildman–Crippen LogP) is 2.39. The van der Waals surface area contributed by atoms with Crippen molar-refractivity contribution in [1.82, 2.24) is 18.8 Å². The summed E-state index contributed by atoms with van der Waals surface area (Å²) in [6, 6.07) is 5.33. The molecule has 2 saturated heterocycles. The van der Waals surface area contributed by atoms with E-state index in [1.165, 1.54) is 15.1 Å².